The zero-order valence-corrected chi connectivity index (χ0v) is 17.7. The van der Waals surface area contributed by atoms with Gasteiger partial charge in [0.05, 0.1) is 0 Å². The Balaban J connectivity index is 1.54. The Hall–Kier alpha value is -3.66. The number of carbonyl (C=O) groups is 2. The molecule has 1 aliphatic rings. The topological polar surface area (TPSA) is 149 Å². The number of nitrogens with one attached hydrogen (secondary N) is 2. The molecule has 0 unspecified atom stereocenters. The fourth-order valence-electron chi connectivity index (χ4n) is 3.65. The minimum absolute atomic E-state index is 0.107. The molecule has 0 saturated carbocycles. The smallest absolute Gasteiger partial charge is 0.407 e. The summed E-state index contributed by atoms with van der Waals surface area (Å²) >= 11 is 5.59. The van der Waals surface area contributed by atoms with E-state index in [1.165, 1.54) is 0 Å². The Bertz CT molecular complexity index is 999. The van der Waals surface area contributed by atoms with Gasteiger partial charge in [0.25, 0.3) is 5.96 Å². The van der Waals surface area contributed by atoms with Gasteiger partial charge in [-0.3, -0.25) is 4.79 Å². The van der Waals surface area contributed by atoms with Crippen LogP contribution in [0.2, 0.25) is 0 Å². The zero-order valence-electron chi connectivity index (χ0n) is 17.0. The van der Waals surface area contributed by atoms with Gasteiger partial charge < -0.3 is 15.8 Å². The van der Waals surface area contributed by atoms with Gasteiger partial charge in [0.2, 0.25) is 5.24 Å². The summed E-state index contributed by atoms with van der Waals surface area (Å²) in [5.41, 5.74) is 11.4. The fourth-order valence-corrected chi connectivity index (χ4v) is 3.81. The molecule has 0 bridgehead atoms. The molecule has 1 aliphatic carbocycles. The second-order valence-corrected chi connectivity index (χ2v) is 7.48. The average molecular weight is 460 g/mol. The highest BCUT2D eigenvalue weighted by Gasteiger charge is 2.29. The van der Waals surface area contributed by atoms with Crippen LogP contribution in [0.4, 0.5) is 4.79 Å². The summed E-state index contributed by atoms with van der Waals surface area (Å²) in [5, 5.41) is 11.1. The monoisotopic (exact) mass is 459 g/mol. The number of nitrogens with zero attached hydrogens (tertiary/aromatic N) is 2. The first-order valence-electron chi connectivity index (χ1n) is 9.88. The van der Waals surface area contributed by atoms with Crippen LogP contribution >= 0.6 is 11.6 Å². The lowest BCUT2D eigenvalue weighted by molar-refractivity contribution is -0.525. The first kappa shape index (κ1) is 23.0. The lowest BCUT2D eigenvalue weighted by atomic mass is 9.98. The maximum atomic E-state index is 12.3. The molecule has 0 radical (unpaired) electrons. The Morgan fingerprint density at radius 3 is 2.31 bits per heavy atom. The van der Waals surface area contributed by atoms with Crippen molar-refractivity contribution in [3.63, 3.8) is 0 Å². The summed E-state index contributed by atoms with van der Waals surface area (Å²) < 4.78 is 5.42. The first-order valence-corrected chi connectivity index (χ1v) is 10.3. The van der Waals surface area contributed by atoms with Crippen LogP contribution in [0, 0.1) is 10.1 Å². The van der Waals surface area contributed by atoms with E-state index in [2.05, 4.69) is 10.3 Å². The third-order valence-corrected chi connectivity index (χ3v) is 5.31. The Labute approximate surface area is 188 Å². The number of ether oxygens (including phenoxy) is 1. The number of amides is 1. The van der Waals surface area contributed by atoms with Crippen molar-refractivity contribution in [2.45, 2.75) is 24.8 Å². The summed E-state index contributed by atoms with van der Waals surface area (Å²) in [5.74, 6) is -0.460. The molecule has 10 nitrogen and oxygen atoms in total. The van der Waals surface area contributed by atoms with Crippen molar-refractivity contribution in [1.82, 2.24) is 10.7 Å². The Kier molecular flexibility index (Phi) is 7.61. The number of hydrazine groups is 1. The maximum absolute atomic E-state index is 12.3. The molecule has 0 spiro atoms. The second-order valence-electron chi connectivity index (χ2n) is 7.10. The SMILES string of the molecule is NC(=NCCC[C@H](NC(=O)OCC1c2ccccc2-c2ccccc21)C(=O)Cl)N[N+](=O)[O-]. The fraction of sp³-hybridized carbons (Fsp3) is 0.286. The normalized spacial score (nSPS) is 13.6. The molecule has 1 amide bonds. The lowest BCUT2D eigenvalue weighted by Crippen LogP contribution is -2.40. The second kappa shape index (κ2) is 10.6. The third-order valence-electron chi connectivity index (χ3n) is 5.05. The molecular weight excluding hydrogens is 438 g/mol. The number of rotatable bonds is 9. The van der Waals surface area contributed by atoms with Gasteiger partial charge in [-0.1, -0.05) is 54.0 Å². The van der Waals surface area contributed by atoms with Gasteiger partial charge in [-0.15, -0.1) is 0 Å². The molecule has 3 rings (SSSR count). The number of alkyl carbamates (subject to hydrolysis) is 1. The predicted octanol–water partition coefficient (Wildman–Crippen LogP) is 2.54. The molecule has 4 N–H and O–H groups in total. The van der Waals surface area contributed by atoms with E-state index in [0.29, 0.717) is 6.42 Å². The summed E-state index contributed by atoms with van der Waals surface area (Å²) in [6.07, 6.45) is -0.279. The van der Waals surface area contributed by atoms with E-state index < -0.39 is 22.4 Å². The largest absolute Gasteiger partial charge is 0.449 e. The van der Waals surface area contributed by atoms with Crippen LogP contribution in [-0.4, -0.2) is 41.5 Å². The molecule has 2 aromatic carbocycles. The van der Waals surface area contributed by atoms with E-state index in [9.17, 15) is 19.7 Å². The Morgan fingerprint density at radius 2 is 1.75 bits per heavy atom. The summed E-state index contributed by atoms with van der Waals surface area (Å²) in [4.78, 5) is 38.0. The van der Waals surface area contributed by atoms with Crippen molar-refractivity contribution in [2.75, 3.05) is 13.2 Å². The van der Waals surface area contributed by atoms with E-state index in [0.717, 1.165) is 22.3 Å². The van der Waals surface area contributed by atoms with Gasteiger partial charge in [-0.25, -0.2) is 19.9 Å². The van der Waals surface area contributed by atoms with Crippen LogP contribution in [0.25, 0.3) is 11.1 Å². The van der Waals surface area contributed by atoms with Crippen molar-refractivity contribution >= 4 is 28.9 Å². The van der Waals surface area contributed by atoms with Crippen molar-refractivity contribution in [3.05, 3.63) is 69.8 Å². The number of hydrogen-bond acceptors (Lipinski definition) is 6. The molecule has 1 atom stereocenters. The summed E-state index contributed by atoms with van der Waals surface area (Å²) in [6, 6.07) is 14.9. The summed E-state index contributed by atoms with van der Waals surface area (Å²) in [6.45, 7) is 0.218. The van der Waals surface area contributed by atoms with Gasteiger partial charge >= 0.3 is 6.09 Å². The van der Waals surface area contributed by atoms with E-state index >= 15 is 0 Å². The minimum Gasteiger partial charge on any atom is -0.449 e. The van der Waals surface area contributed by atoms with Gasteiger partial charge in [-0.05, 0) is 46.7 Å². The van der Waals surface area contributed by atoms with Gasteiger partial charge in [0, 0.05) is 12.5 Å². The van der Waals surface area contributed by atoms with Crippen molar-refractivity contribution < 1.29 is 19.4 Å². The third kappa shape index (κ3) is 5.73. The van der Waals surface area contributed by atoms with Crippen LogP contribution in [0.15, 0.2) is 53.5 Å². The summed E-state index contributed by atoms with van der Waals surface area (Å²) in [7, 11) is 0. The quantitative estimate of drug-likeness (QED) is 0.130. The number of nitro groups is 1. The van der Waals surface area contributed by atoms with Crippen LogP contribution in [0.5, 0.6) is 0 Å². The number of carbonyl (C=O) groups excluding carboxylic acids is 2. The maximum Gasteiger partial charge on any atom is 0.407 e. The molecule has 0 fully saturated rings. The highest BCUT2D eigenvalue weighted by atomic mass is 35.5. The minimum atomic E-state index is -0.979. The van der Waals surface area contributed by atoms with Crippen molar-refractivity contribution in [2.24, 2.45) is 10.7 Å². The highest BCUT2D eigenvalue weighted by molar-refractivity contribution is 6.64. The number of hydrogen-bond donors (Lipinski definition) is 3. The number of benzene rings is 2. The molecule has 0 heterocycles. The molecular formula is C21H22ClN5O5. The molecule has 0 saturated heterocycles. The van der Waals surface area contributed by atoms with Crippen LogP contribution < -0.4 is 16.5 Å². The van der Waals surface area contributed by atoms with E-state index in [4.69, 9.17) is 22.1 Å². The van der Waals surface area contributed by atoms with Gasteiger partial charge in [0.15, 0.2) is 5.03 Å². The molecule has 0 aliphatic heterocycles. The first-order chi connectivity index (χ1) is 15.4. The number of guanidine groups is 1. The standard InChI is InChI=1S/C21H22ClN5O5/c22-19(28)18(10-5-11-24-20(23)26-27(30)31)25-21(29)32-12-17-15-8-3-1-6-13(15)14-7-2-4-9-16(14)17/h1-4,6-9,17-18H,5,10-12H2,(H,25,29)(H3,23,24,26)/t18-/m0/s1. The van der Waals surface area contributed by atoms with E-state index in [-0.39, 0.29) is 31.4 Å². The highest BCUT2D eigenvalue weighted by Crippen LogP contribution is 2.44. The molecule has 32 heavy (non-hydrogen) atoms. The van der Waals surface area contributed by atoms with Gasteiger partial charge in [-0.2, -0.15) is 0 Å². The number of fused-ring (bicyclic) bond motifs is 3. The molecule has 168 valence electrons. The Morgan fingerprint density at radius 1 is 1.16 bits per heavy atom. The van der Waals surface area contributed by atoms with E-state index in [1.807, 2.05) is 48.5 Å². The predicted molar refractivity (Wildman–Crippen MR) is 119 cm³/mol. The van der Waals surface area contributed by atoms with Crippen LogP contribution in [-0.2, 0) is 9.53 Å². The zero-order chi connectivity index (χ0) is 23.1. The van der Waals surface area contributed by atoms with E-state index in [1.54, 1.807) is 5.43 Å². The molecule has 11 heteroatoms. The lowest BCUT2D eigenvalue weighted by Gasteiger charge is -2.17. The number of nitrogens with two attached hydrogens (primary N) is 1. The van der Waals surface area contributed by atoms with Crippen LogP contribution in [0.3, 0.4) is 0 Å². The van der Waals surface area contributed by atoms with Crippen LogP contribution in [0.1, 0.15) is 29.9 Å². The number of halogens is 1. The van der Waals surface area contributed by atoms with Gasteiger partial charge in [0.1, 0.15) is 12.6 Å². The van der Waals surface area contributed by atoms with Crippen molar-refractivity contribution in [3.8, 4) is 11.1 Å². The number of aliphatic imine (C=N–C) groups is 1. The van der Waals surface area contributed by atoms with Crippen molar-refractivity contribution in [1.29, 1.82) is 0 Å². The average Bonchev–Trinajstić information content (AvgIpc) is 3.07. The molecule has 0 aromatic heterocycles. The molecule has 2 aromatic rings.